The van der Waals surface area contributed by atoms with Crippen LogP contribution in [0.15, 0.2) is 72.9 Å². The van der Waals surface area contributed by atoms with E-state index in [1.807, 2.05) is 39.4 Å². The number of aliphatic hydroxyl groups is 1. The van der Waals surface area contributed by atoms with Crippen LogP contribution < -0.4 is 0 Å². The molecule has 0 aromatic rings. The first-order valence-corrected chi connectivity index (χ1v) is 23.2. The first-order chi connectivity index (χ1) is 26.9. The highest BCUT2D eigenvalue weighted by Gasteiger charge is 2.26. The summed E-state index contributed by atoms with van der Waals surface area (Å²) in [4.78, 5) is 22.8. The monoisotopic (exact) mass is 809 g/mol. The molecule has 0 amide bonds. The molecule has 0 radical (unpaired) electrons. The van der Waals surface area contributed by atoms with E-state index in [9.17, 15) is 19.4 Å². The predicted octanol–water partition coefficient (Wildman–Crippen LogP) is 11.7. The molecule has 0 saturated heterocycles. The largest absolute Gasteiger partial charge is 0.472 e. The topological polar surface area (TPSA) is 112 Å². The third kappa shape index (κ3) is 43.0. The summed E-state index contributed by atoms with van der Waals surface area (Å²) in [5.74, 6) is -0.405. The number of quaternary nitrogens is 1. The zero-order valence-corrected chi connectivity index (χ0v) is 37.1. The van der Waals surface area contributed by atoms with Crippen LogP contribution in [-0.2, 0) is 27.9 Å². The molecule has 0 bridgehead atoms. The molecule has 0 rings (SSSR count). The number of unbranched alkanes of at least 4 members (excludes halogenated alkanes) is 13. The van der Waals surface area contributed by atoms with Crippen LogP contribution in [0.25, 0.3) is 0 Å². The number of likely N-dealkylation sites (N-methyl/N-ethyl adjacent to an activating group) is 1. The van der Waals surface area contributed by atoms with E-state index >= 15 is 0 Å². The lowest BCUT2D eigenvalue weighted by Gasteiger charge is -2.24. The minimum Gasteiger partial charge on any atom is -0.457 e. The SMILES string of the molecule is CCCCCCCCCCCCCCCCOCC(COP(=O)(O)OCC[N+](C)(C)C)OC(=O)CC/C=C/C/C=C/C/C=C/C/C=C/C/C=C/C/C=C\C(C)O. The zero-order chi connectivity index (χ0) is 41.4. The Hall–Kier alpha value is -2.10. The summed E-state index contributed by atoms with van der Waals surface area (Å²) in [6, 6.07) is 0. The van der Waals surface area contributed by atoms with E-state index in [-0.39, 0.29) is 32.3 Å². The van der Waals surface area contributed by atoms with Crippen molar-refractivity contribution in [1.82, 2.24) is 0 Å². The highest BCUT2D eigenvalue weighted by molar-refractivity contribution is 7.47. The summed E-state index contributed by atoms with van der Waals surface area (Å²) in [6.45, 7) is 4.96. The average molecular weight is 809 g/mol. The molecule has 324 valence electrons. The van der Waals surface area contributed by atoms with Gasteiger partial charge in [-0.25, -0.2) is 4.57 Å². The van der Waals surface area contributed by atoms with Crippen molar-refractivity contribution in [2.24, 2.45) is 0 Å². The lowest BCUT2D eigenvalue weighted by molar-refractivity contribution is -0.870. The molecule has 0 fully saturated rings. The van der Waals surface area contributed by atoms with Crippen molar-refractivity contribution in [1.29, 1.82) is 0 Å². The molecule has 2 N–H and O–H groups in total. The summed E-state index contributed by atoms with van der Waals surface area (Å²) in [6.07, 6.45) is 46.6. The van der Waals surface area contributed by atoms with E-state index in [1.54, 1.807) is 13.0 Å². The van der Waals surface area contributed by atoms with Crippen LogP contribution in [0.3, 0.4) is 0 Å². The highest BCUT2D eigenvalue weighted by Crippen LogP contribution is 2.43. The van der Waals surface area contributed by atoms with Crippen molar-refractivity contribution in [3.63, 3.8) is 0 Å². The standard InChI is InChI=1S/C46H82NO8P/c1-6-7-8-9-10-11-12-13-21-24-27-30-33-36-40-52-42-45(43-54-56(50,51)53-41-39-47(3,4)5)55-46(49)38-35-32-29-26-23-20-18-16-14-15-17-19-22-25-28-31-34-37-44(2)48/h14,16-17,19-20,23,25,28-29,32,34,37,44-45,48H,6-13,15,18,21-22,24,26-27,30-31,33,35-36,38-43H2,1-5H3/p+1/b16-14+,19-17+,23-20+,28-25+,32-29+,37-34-. The Morgan fingerprint density at radius 3 is 1.54 bits per heavy atom. The van der Waals surface area contributed by atoms with E-state index in [0.29, 0.717) is 24.1 Å². The molecular formula is C46H83NO8P+. The fourth-order valence-corrected chi connectivity index (χ4v) is 6.21. The average Bonchev–Trinajstić information content (AvgIpc) is 3.13. The fourth-order valence-electron chi connectivity index (χ4n) is 5.47. The minimum absolute atomic E-state index is 0.0676. The molecule has 0 aliphatic heterocycles. The number of esters is 1. The van der Waals surface area contributed by atoms with Crippen molar-refractivity contribution >= 4 is 13.8 Å². The molecule has 0 spiro atoms. The second kappa shape index (κ2) is 38.4. The number of phosphoric ester groups is 1. The quantitative estimate of drug-likeness (QED) is 0.0208. The number of phosphoric acid groups is 1. The van der Waals surface area contributed by atoms with Gasteiger partial charge in [0, 0.05) is 13.0 Å². The van der Waals surface area contributed by atoms with Crippen LogP contribution >= 0.6 is 7.82 Å². The van der Waals surface area contributed by atoms with E-state index in [0.717, 1.165) is 44.9 Å². The second-order valence-electron chi connectivity index (χ2n) is 15.6. The minimum atomic E-state index is -4.30. The second-order valence-corrected chi connectivity index (χ2v) is 17.1. The number of allylic oxidation sites excluding steroid dienone is 11. The van der Waals surface area contributed by atoms with Crippen LogP contribution in [-0.4, -0.2) is 86.8 Å². The molecule has 0 aromatic heterocycles. The number of rotatable bonds is 39. The molecule has 0 aliphatic carbocycles. The van der Waals surface area contributed by atoms with Crippen LogP contribution in [0.5, 0.6) is 0 Å². The van der Waals surface area contributed by atoms with Gasteiger partial charge in [-0.1, -0.05) is 163 Å². The number of hydrogen-bond acceptors (Lipinski definition) is 7. The van der Waals surface area contributed by atoms with Crippen LogP contribution in [0.1, 0.15) is 149 Å². The van der Waals surface area contributed by atoms with Gasteiger partial charge in [0.1, 0.15) is 19.3 Å². The summed E-state index contributed by atoms with van der Waals surface area (Å²) in [5, 5.41) is 9.18. The molecule has 3 atom stereocenters. The van der Waals surface area contributed by atoms with Gasteiger partial charge < -0.3 is 24.0 Å². The highest BCUT2D eigenvalue weighted by atomic mass is 31.2. The lowest BCUT2D eigenvalue weighted by atomic mass is 10.0. The van der Waals surface area contributed by atoms with Crippen LogP contribution in [0.2, 0.25) is 0 Å². The van der Waals surface area contributed by atoms with Gasteiger partial charge in [0.05, 0.1) is 40.5 Å². The summed E-state index contributed by atoms with van der Waals surface area (Å²) < 4.78 is 34.9. The van der Waals surface area contributed by atoms with Gasteiger partial charge in [-0.15, -0.1) is 0 Å². The zero-order valence-electron chi connectivity index (χ0n) is 36.2. The fraction of sp³-hybridized carbons (Fsp3) is 0.717. The Kier molecular flexibility index (Phi) is 37.0. The van der Waals surface area contributed by atoms with Gasteiger partial charge in [0.15, 0.2) is 0 Å². The predicted molar refractivity (Wildman–Crippen MR) is 234 cm³/mol. The normalized spacial score (nSPS) is 15.1. The van der Waals surface area contributed by atoms with Gasteiger partial charge in [0.2, 0.25) is 0 Å². The number of carbonyl (C=O) groups is 1. The van der Waals surface area contributed by atoms with Gasteiger partial charge in [-0.05, 0) is 51.9 Å². The van der Waals surface area contributed by atoms with E-state index in [2.05, 4.69) is 55.5 Å². The lowest BCUT2D eigenvalue weighted by Crippen LogP contribution is -2.37. The molecule has 10 heteroatoms. The molecule has 3 unspecified atom stereocenters. The Bertz CT molecular complexity index is 1140. The van der Waals surface area contributed by atoms with Gasteiger partial charge >= 0.3 is 13.8 Å². The van der Waals surface area contributed by atoms with Crippen LogP contribution in [0, 0.1) is 0 Å². The first kappa shape index (κ1) is 53.9. The Morgan fingerprint density at radius 1 is 0.625 bits per heavy atom. The Balaban J connectivity index is 4.39. The summed E-state index contributed by atoms with van der Waals surface area (Å²) >= 11 is 0. The maximum absolute atomic E-state index is 12.7. The van der Waals surface area contributed by atoms with E-state index in [1.165, 1.54) is 77.0 Å². The third-order valence-corrected chi connectivity index (χ3v) is 9.79. The third-order valence-electron chi connectivity index (χ3n) is 8.81. The van der Waals surface area contributed by atoms with Gasteiger partial charge in [-0.2, -0.15) is 0 Å². The summed E-state index contributed by atoms with van der Waals surface area (Å²) in [5.41, 5.74) is 0. The van der Waals surface area contributed by atoms with E-state index < -0.39 is 19.9 Å². The Labute approximate surface area is 343 Å². The molecular weight excluding hydrogens is 725 g/mol. The van der Waals surface area contributed by atoms with Gasteiger partial charge in [0.25, 0.3) is 0 Å². The maximum atomic E-state index is 12.7. The number of aliphatic hydroxyl groups excluding tert-OH is 1. The van der Waals surface area contributed by atoms with Crippen molar-refractivity contribution < 1.29 is 42.4 Å². The number of nitrogens with zero attached hydrogens (tertiary/aromatic N) is 1. The Morgan fingerprint density at radius 2 is 1.07 bits per heavy atom. The molecule has 0 aromatic carbocycles. The number of carbonyl (C=O) groups excluding carboxylic acids is 1. The molecule has 56 heavy (non-hydrogen) atoms. The van der Waals surface area contributed by atoms with Crippen LogP contribution in [0.4, 0.5) is 0 Å². The van der Waals surface area contributed by atoms with Crippen molar-refractivity contribution in [3.05, 3.63) is 72.9 Å². The molecule has 0 saturated carbocycles. The smallest absolute Gasteiger partial charge is 0.457 e. The number of ether oxygens (including phenoxy) is 2. The molecule has 0 heterocycles. The molecule has 0 aliphatic rings. The van der Waals surface area contributed by atoms with Crippen molar-refractivity contribution in [3.8, 4) is 0 Å². The maximum Gasteiger partial charge on any atom is 0.472 e. The molecule has 9 nitrogen and oxygen atoms in total. The first-order valence-electron chi connectivity index (χ1n) is 21.7. The van der Waals surface area contributed by atoms with Crippen molar-refractivity contribution in [2.75, 3.05) is 54.1 Å². The van der Waals surface area contributed by atoms with Crippen molar-refractivity contribution in [2.45, 2.75) is 161 Å². The summed E-state index contributed by atoms with van der Waals surface area (Å²) in [7, 11) is 1.60. The number of hydrogen-bond donors (Lipinski definition) is 2. The van der Waals surface area contributed by atoms with Gasteiger partial charge in [-0.3, -0.25) is 13.8 Å². The van der Waals surface area contributed by atoms with E-state index in [4.69, 9.17) is 18.5 Å².